The summed E-state index contributed by atoms with van der Waals surface area (Å²) in [5.74, 6) is 0.397. The lowest BCUT2D eigenvalue weighted by Gasteiger charge is -2.28. The van der Waals surface area contributed by atoms with Crippen LogP contribution >= 0.6 is 11.3 Å². The van der Waals surface area contributed by atoms with Gasteiger partial charge >= 0.3 is 0 Å². The number of rotatable bonds is 8. The van der Waals surface area contributed by atoms with Crippen molar-refractivity contribution in [2.75, 3.05) is 37.5 Å². The van der Waals surface area contributed by atoms with E-state index in [9.17, 15) is 15.3 Å². The maximum Gasteiger partial charge on any atom is 0.225 e. The molecule has 5 atom stereocenters. The Morgan fingerprint density at radius 1 is 1.18 bits per heavy atom. The van der Waals surface area contributed by atoms with Gasteiger partial charge in [-0.2, -0.15) is 4.98 Å². The Kier molecular flexibility index (Phi) is 7.31. The minimum Gasteiger partial charge on any atom is -0.390 e. The lowest BCUT2D eigenvalue weighted by atomic mass is 9.88. The van der Waals surface area contributed by atoms with Crippen LogP contribution in [0.1, 0.15) is 38.1 Å². The smallest absolute Gasteiger partial charge is 0.225 e. The SMILES string of the molecule is CO[C@@]1(CNc2nc(C)c(-c3nc4c(C)nccc4s3)c(N[C@@H]3C[C@H](C(C)(C)O)[C@@H](O)[C@H]3O)n2)CCOC1. The van der Waals surface area contributed by atoms with Crippen molar-refractivity contribution in [2.24, 2.45) is 5.92 Å². The van der Waals surface area contributed by atoms with Crippen molar-refractivity contribution in [3.8, 4) is 10.6 Å². The molecule has 2 fully saturated rings. The molecule has 3 aromatic heterocycles. The van der Waals surface area contributed by atoms with E-state index in [-0.39, 0.29) is 0 Å². The fraction of sp³-hybridized carbons (Fsp3) is 0.615. The predicted molar refractivity (Wildman–Crippen MR) is 145 cm³/mol. The third-order valence-electron chi connectivity index (χ3n) is 7.77. The minimum absolute atomic E-state index is 0.365. The van der Waals surface area contributed by atoms with E-state index < -0.39 is 35.4 Å². The number of thiazole rings is 1. The number of ether oxygens (including phenoxy) is 2. The highest BCUT2D eigenvalue weighted by Crippen LogP contribution is 2.40. The first kappa shape index (κ1) is 27.1. The number of aliphatic hydroxyl groups is 3. The highest BCUT2D eigenvalue weighted by Gasteiger charge is 2.48. The topological polar surface area (TPSA) is 155 Å². The number of nitrogens with zero attached hydrogens (tertiary/aromatic N) is 4. The summed E-state index contributed by atoms with van der Waals surface area (Å²) in [5.41, 5.74) is 1.48. The number of nitrogens with one attached hydrogen (secondary N) is 2. The lowest BCUT2D eigenvalue weighted by molar-refractivity contribution is -0.0601. The molecule has 0 amide bonds. The third-order valence-corrected chi connectivity index (χ3v) is 8.81. The van der Waals surface area contributed by atoms with Crippen LogP contribution in [0.5, 0.6) is 0 Å². The summed E-state index contributed by atoms with van der Waals surface area (Å²) < 4.78 is 12.3. The van der Waals surface area contributed by atoms with Crippen molar-refractivity contribution in [3.05, 3.63) is 23.7 Å². The molecule has 0 aromatic carbocycles. The molecule has 0 unspecified atom stereocenters. The van der Waals surface area contributed by atoms with Gasteiger partial charge in [0, 0.05) is 38.8 Å². The molecule has 5 rings (SSSR count). The van der Waals surface area contributed by atoms with Crippen LogP contribution in [0.15, 0.2) is 12.3 Å². The van der Waals surface area contributed by atoms with Gasteiger partial charge in [0.05, 0.1) is 46.0 Å². The highest BCUT2D eigenvalue weighted by molar-refractivity contribution is 7.21. The van der Waals surface area contributed by atoms with Gasteiger partial charge in [-0.05, 0) is 40.2 Å². The molecule has 3 aromatic rings. The normalized spacial score (nSPS) is 27.8. The number of fused-ring (bicyclic) bond motifs is 1. The maximum absolute atomic E-state index is 10.9. The van der Waals surface area contributed by atoms with E-state index in [1.165, 1.54) is 11.3 Å². The second-order valence-corrected chi connectivity index (χ2v) is 11.9. The Hall–Kier alpha value is -2.48. The first-order valence-electron chi connectivity index (χ1n) is 12.8. The van der Waals surface area contributed by atoms with Crippen LogP contribution in [-0.2, 0) is 9.47 Å². The first-order chi connectivity index (χ1) is 18.0. The number of aromatic nitrogens is 4. The molecular formula is C26H36N6O5S. The molecule has 0 spiro atoms. The number of aryl methyl sites for hydroxylation is 2. The standard InChI is InChI=1S/C26H36N6O5S/c1-13-18(23-31-19-14(2)27-8-6-17(19)38-23)22(30-16-10-15(25(3,4)35)20(33)21(16)34)32-24(29-13)28-11-26(36-5)7-9-37-12-26/h6,8,15-16,20-21,33-35H,7,9-12H2,1-5H3,(H2,28,29,30,32)/t15-,16+,20+,21-,26+/m0/s1. The van der Waals surface area contributed by atoms with Gasteiger partial charge in [-0.1, -0.05) is 0 Å². The van der Waals surface area contributed by atoms with E-state index in [4.69, 9.17) is 24.4 Å². The average molecular weight is 545 g/mol. The van der Waals surface area contributed by atoms with Crippen molar-refractivity contribution in [1.82, 2.24) is 19.9 Å². The average Bonchev–Trinajstić information content (AvgIpc) is 3.58. The van der Waals surface area contributed by atoms with Gasteiger partial charge in [-0.15, -0.1) is 11.3 Å². The van der Waals surface area contributed by atoms with Gasteiger partial charge < -0.3 is 35.4 Å². The van der Waals surface area contributed by atoms with E-state index >= 15 is 0 Å². The van der Waals surface area contributed by atoms with E-state index in [0.29, 0.717) is 43.6 Å². The zero-order valence-electron chi connectivity index (χ0n) is 22.4. The summed E-state index contributed by atoms with van der Waals surface area (Å²) in [6.45, 7) is 8.71. The molecule has 1 aliphatic carbocycles. The minimum atomic E-state index is -1.15. The highest BCUT2D eigenvalue weighted by atomic mass is 32.1. The fourth-order valence-corrected chi connectivity index (χ4v) is 6.47. The number of hydrogen-bond donors (Lipinski definition) is 5. The molecule has 1 saturated heterocycles. The van der Waals surface area contributed by atoms with E-state index in [2.05, 4.69) is 15.6 Å². The van der Waals surface area contributed by atoms with Gasteiger partial charge in [0.1, 0.15) is 28.0 Å². The Bertz CT molecular complexity index is 1310. The summed E-state index contributed by atoms with van der Waals surface area (Å²) in [6.07, 6.45) is 0.740. The van der Waals surface area contributed by atoms with Gasteiger partial charge in [0.25, 0.3) is 0 Å². The Morgan fingerprint density at radius 3 is 2.61 bits per heavy atom. The van der Waals surface area contributed by atoms with Crippen molar-refractivity contribution in [2.45, 2.75) is 70.0 Å². The van der Waals surface area contributed by atoms with Crippen LogP contribution in [0.3, 0.4) is 0 Å². The largest absolute Gasteiger partial charge is 0.390 e. The molecule has 4 heterocycles. The van der Waals surface area contributed by atoms with Gasteiger partial charge in [-0.3, -0.25) is 4.98 Å². The van der Waals surface area contributed by atoms with E-state index in [0.717, 1.165) is 32.9 Å². The number of aliphatic hydroxyl groups excluding tert-OH is 2. The predicted octanol–water partition coefficient (Wildman–Crippen LogP) is 2.28. The molecule has 1 aliphatic heterocycles. The quantitative estimate of drug-likeness (QED) is 0.284. The maximum atomic E-state index is 10.9. The monoisotopic (exact) mass is 544 g/mol. The zero-order chi connectivity index (χ0) is 27.2. The number of hydrogen-bond acceptors (Lipinski definition) is 12. The molecule has 5 N–H and O–H groups in total. The molecule has 2 aliphatic rings. The van der Waals surface area contributed by atoms with Crippen LogP contribution in [0.2, 0.25) is 0 Å². The summed E-state index contributed by atoms with van der Waals surface area (Å²) in [7, 11) is 1.67. The van der Waals surface area contributed by atoms with Crippen molar-refractivity contribution in [3.63, 3.8) is 0 Å². The molecule has 38 heavy (non-hydrogen) atoms. The van der Waals surface area contributed by atoms with Crippen LogP contribution in [0.25, 0.3) is 20.8 Å². The Balaban J connectivity index is 1.52. The lowest BCUT2D eigenvalue weighted by Crippen LogP contribution is -2.40. The van der Waals surface area contributed by atoms with Crippen LogP contribution in [0, 0.1) is 19.8 Å². The molecule has 11 nitrogen and oxygen atoms in total. The number of methoxy groups -OCH3 is 1. The second-order valence-electron chi connectivity index (χ2n) is 10.9. The fourth-order valence-electron chi connectivity index (χ4n) is 5.36. The summed E-state index contributed by atoms with van der Waals surface area (Å²) in [4.78, 5) is 18.8. The van der Waals surface area contributed by atoms with Gasteiger partial charge in [0.2, 0.25) is 5.95 Å². The van der Waals surface area contributed by atoms with E-state index in [1.807, 2.05) is 19.9 Å². The first-order valence-corrected chi connectivity index (χ1v) is 13.7. The number of pyridine rings is 1. The summed E-state index contributed by atoms with van der Waals surface area (Å²) >= 11 is 1.52. The van der Waals surface area contributed by atoms with Crippen molar-refractivity contribution < 1.29 is 24.8 Å². The molecular weight excluding hydrogens is 508 g/mol. The molecule has 0 radical (unpaired) electrons. The zero-order valence-corrected chi connectivity index (χ0v) is 23.2. The van der Waals surface area contributed by atoms with E-state index in [1.54, 1.807) is 27.2 Å². The van der Waals surface area contributed by atoms with Crippen LogP contribution in [-0.4, -0.2) is 91.6 Å². The molecule has 12 heteroatoms. The number of anilines is 2. The van der Waals surface area contributed by atoms with Crippen molar-refractivity contribution >= 4 is 33.3 Å². The molecule has 206 valence electrons. The Morgan fingerprint density at radius 2 is 1.97 bits per heavy atom. The van der Waals surface area contributed by atoms with Gasteiger partial charge in [-0.25, -0.2) is 9.97 Å². The molecule has 1 saturated carbocycles. The second kappa shape index (κ2) is 10.2. The Labute approximate surface area is 225 Å². The molecule has 0 bridgehead atoms. The van der Waals surface area contributed by atoms with Gasteiger partial charge in [0.15, 0.2) is 0 Å². The third kappa shape index (κ3) is 5.08. The van der Waals surface area contributed by atoms with Crippen molar-refractivity contribution in [1.29, 1.82) is 0 Å². The summed E-state index contributed by atoms with van der Waals surface area (Å²) in [5, 5.41) is 39.5. The van der Waals surface area contributed by atoms with Crippen LogP contribution in [0.4, 0.5) is 11.8 Å². The van der Waals surface area contributed by atoms with Crippen LogP contribution < -0.4 is 10.6 Å². The summed E-state index contributed by atoms with van der Waals surface area (Å²) in [6, 6.07) is 1.40.